The number of nitrogens with zero attached hydrogens (tertiary/aromatic N) is 3. The van der Waals surface area contributed by atoms with Crippen molar-refractivity contribution in [2.45, 2.75) is 38.5 Å². The van der Waals surface area contributed by atoms with Crippen molar-refractivity contribution in [2.24, 2.45) is 0 Å². The summed E-state index contributed by atoms with van der Waals surface area (Å²) in [4.78, 5) is 6.56. The maximum absolute atomic E-state index is 14.6. The maximum Gasteiger partial charge on any atom is 0.207 e. The van der Waals surface area contributed by atoms with Crippen LogP contribution in [0.2, 0.25) is 0 Å². The number of ether oxygens (including phenoxy) is 1. The lowest BCUT2D eigenvalue weighted by molar-refractivity contribution is 0.201. The molecule has 2 aromatic rings. The highest BCUT2D eigenvalue weighted by molar-refractivity contribution is 7.09. The van der Waals surface area contributed by atoms with Crippen molar-refractivity contribution in [3.05, 3.63) is 29.8 Å². The summed E-state index contributed by atoms with van der Waals surface area (Å²) in [5.74, 6) is 0.557. The summed E-state index contributed by atoms with van der Waals surface area (Å²) in [5.41, 5.74) is 1.40. The zero-order valence-electron chi connectivity index (χ0n) is 14.6. The molecule has 1 fully saturated rings. The van der Waals surface area contributed by atoms with Crippen molar-refractivity contribution in [1.82, 2.24) is 9.36 Å². The van der Waals surface area contributed by atoms with E-state index in [1.54, 1.807) is 13.2 Å². The van der Waals surface area contributed by atoms with Gasteiger partial charge in [0.05, 0.1) is 12.3 Å². The predicted octanol–water partition coefficient (Wildman–Crippen LogP) is 4.38. The van der Waals surface area contributed by atoms with E-state index in [2.05, 4.69) is 19.6 Å². The van der Waals surface area contributed by atoms with Crippen molar-refractivity contribution < 1.29 is 9.13 Å². The summed E-state index contributed by atoms with van der Waals surface area (Å²) >= 11 is 1.28. The molecule has 5 nitrogen and oxygen atoms in total. The first-order chi connectivity index (χ1) is 12.3. The van der Waals surface area contributed by atoms with Crippen molar-refractivity contribution in [3.63, 3.8) is 0 Å². The van der Waals surface area contributed by atoms with E-state index in [0.29, 0.717) is 29.5 Å². The number of aromatic nitrogens is 2. The van der Waals surface area contributed by atoms with E-state index < -0.39 is 0 Å². The maximum atomic E-state index is 14.6. The second kappa shape index (κ2) is 9.10. The molecule has 7 heteroatoms. The summed E-state index contributed by atoms with van der Waals surface area (Å²) in [5, 5.41) is 3.81. The van der Waals surface area contributed by atoms with Crippen LogP contribution >= 0.6 is 11.5 Å². The minimum Gasteiger partial charge on any atom is -0.384 e. The highest BCUT2D eigenvalue weighted by Crippen LogP contribution is 2.27. The minimum absolute atomic E-state index is 0.185. The van der Waals surface area contributed by atoms with Gasteiger partial charge < -0.3 is 15.0 Å². The van der Waals surface area contributed by atoms with Crippen LogP contribution in [0.1, 0.15) is 37.9 Å². The summed E-state index contributed by atoms with van der Waals surface area (Å²) in [6.07, 6.45) is 6.72. The molecule has 0 aliphatic carbocycles. The quantitative estimate of drug-likeness (QED) is 0.824. The topological polar surface area (TPSA) is 50.3 Å². The predicted molar refractivity (Wildman–Crippen MR) is 100 cm³/mol. The number of hydrogen-bond donors (Lipinski definition) is 1. The molecule has 3 rings (SSSR count). The van der Waals surface area contributed by atoms with Gasteiger partial charge in [-0.15, -0.1) is 0 Å². The number of anilines is 3. The first-order valence-electron chi connectivity index (χ1n) is 8.89. The molecule has 0 amide bonds. The Morgan fingerprint density at radius 1 is 1.20 bits per heavy atom. The molecule has 1 aromatic heterocycles. The van der Waals surface area contributed by atoms with Crippen LogP contribution < -0.4 is 10.2 Å². The number of nitrogens with one attached hydrogen (secondary N) is 1. The van der Waals surface area contributed by atoms with E-state index in [1.165, 1.54) is 30.8 Å². The van der Waals surface area contributed by atoms with Crippen LogP contribution in [0, 0.1) is 5.82 Å². The van der Waals surface area contributed by atoms with Crippen LogP contribution in [0.3, 0.4) is 0 Å². The van der Waals surface area contributed by atoms with Crippen LogP contribution in [0.4, 0.5) is 20.9 Å². The third-order valence-corrected chi connectivity index (χ3v) is 5.06. The zero-order valence-corrected chi connectivity index (χ0v) is 15.4. The first kappa shape index (κ1) is 18.1. The molecular formula is C18H25FN4OS. The molecule has 0 bridgehead atoms. The average Bonchev–Trinajstić information content (AvgIpc) is 3.01. The molecule has 1 aliphatic rings. The van der Waals surface area contributed by atoms with Gasteiger partial charge in [0, 0.05) is 43.8 Å². The fourth-order valence-electron chi connectivity index (χ4n) is 3.05. The third kappa shape index (κ3) is 5.12. The van der Waals surface area contributed by atoms with E-state index in [4.69, 9.17) is 4.74 Å². The Labute approximate surface area is 152 Å². The average molecular weight is 364 g/mol. The minimum atomic E-state index is -0.185. The molecule has 1 N–H and O–H groups in total. The Morgan fingerprint density at radius 2 is 1.96 bits per heavy atom. The Balaban J connectivity index is 1.65. The highest BCUT2D eigenvalue weighted by Gasteiger charge is 2.14. The van der Waals surface area contributed by atoms with Crippen LogP contribution in [-0.2, 0) is 11.2 Å². The zero-order chi connectivity index (χ0) is 17.5. The second-order valence-corrected chi connectivity index (χ2v) is 7.06. The second-order valence-electron chi connectivity index (χ2n) is 6.30. The Morgan fingerprint density at radius 3 is 2.68 bits per heavy atom. The van der Waals surface area contributed by atoms with E-state index >= 15 is 0 Å². The third-order valence-electron chi connectivity index (χ3n) is 4.39. The lowest BCUT2D eigenvalue weighted by atomic mass is 10.1. The molecule has 1 aromatic carbocycles. The monoisotopic (exact) mass is 364 g/mol. The highest BCUT2D eigenvalue weighted by atomic mass is 32.1. The molecule has 0 unspecified atom stereocenters. The van der Waals surface area contributed by atoms with Crippen LogP contribution in [0.5, 0.6) is 0 Å². The summed E-state index contributed by atoms with van der Waals surface area (Å²) in [6.45, 7) is 2.46. The van der Waals surface area contributed by atoms with Gasteiger partial charge in [-0.1, -0.05) is 19.3 Å². The smallest absolute Gasteiger partial charge is 0.207 e. The van der Waals surface area contributed by atoms with Crippen molar-refractivity contribution in [1.29, 1.82) is 0 Å². The van der Waals surface area contributed by atoms with Gasteiger partial charge in [-0.25, -0.2) is 9.37 Å². The Kier molecular flexibility index (Phi) is 6.58. The lowest BCUT2D eigenvalue weighted by Gasteiger charge is -2.27. The largest absolute Gasteiger partial charge is 0.384 e. The number of methoxy groups -OCH3 is 1. The summed E-state index contributed by atoms with van der Waals surface area (Å²) in [7, 11) is 1.65. The van der Waals surface area contributed by atoms with Crippen LogP contribution in [0.25, 0.3) is 0 Å². The molecule has 1 aliphatic heterocycles. The standard InChI is InChI=1S/C18H25FN4OS/c1-24-12-9-17-21-18(25-22-17)20-14-7-8-16(15(19)13-14)23-10-5-3-2-4-6-11-23/h7-8,13H,2-6,9-12H2,1H3,(H,20,21,22). The van der Waals surface area contributed by atoms with Gasteiger partial charge in [0.1, 0.15) is 11.6 Å². The van der Waals surface area contributed by atoms with Gasteiger partial charge >= 0.3 is 0 Å². The molecule has 0 radical (unpaired) electrons. The van der Waals surface area contributed by atoms with E-state index in [0.717, 1.165) is 31.8 Å². The first-order valence-corrected chi connectivity index (χ1v) is 9.66. The Hall–Kier alpha value is -1.73. The van der Waals surface area contributed by atoms with E-state index in [1.807, 2.05) is 12.1 Å². The van der Waals surface area contributed by atoms with E-state index in [9.17, 15) is 4.39 Å². The van der Waals surface area contributed by atoms with Gasteiger partial charge in [0.2, 0.25) is 5.13 Å². The molecule has 0 saturated carbocycles. The van der Waals surface area contributed by atoms with Crippen molar-refractivity contribution >= 4 is 28.0 Å². The normalized spacial score (nSPS) is 15.7. The molecule has 2 heterocycles. The lowest BCUT2D eigenvalue weighted by Crippen LogP contribution is -2.27. The van der Waals surface area contributed by atoms with Gasteiger partial charge in [0.25, 0.3) is 0 Å². The molecule has 25 heavy (non-hydrogen) atoms. The van der Waals surface area contributed by atoms with Gasteiger partial charge in [-0.3, -0.25) is 0 Å². The Bertz CT molecular complexity index is 671. The van der Waals surface area contributed by atoms with E-state index in [-0.39, 0.29) is 5.82 Å². The van der Waals surface area contributed by atoms with Crippen LogP contribution in [0.15, 0.2) is 18.2 Å². The molecule has 136 valence electrons. The number of hydrogen-bond acceptors (Lipinski definition) is 6. The fraction of sp³-hybridized carbons (Fsp3) is 0.556. The van der Waals surface area contributed by atoms with Crippen molar-refractivity contribution in [2.75, 3.05) is 37.0 Å². The van der Waals surface area contributed by atoms with Gasteiger partial charge in [0.15, 0.2) is 0 Å². The van der Waals surface area contributed by atoms with Gasteiger partial charge in [-0.05, 0) is 31.0 Å². The van der Waals surface area contributed by atoms with Gasteiger partial charge in [-0.2, -0.15) is 4.37 Å². The van der Waals surface area contributed by atoms with Crippen LogP contribution in [-0.4, -0.2) is 36.2 Å². The molecule has 1 saturated heterocycles. The number of benzene rings is 1. The fourth-order valence-corrected chi connectivity index (χ4v) is 3.69. The SMILES string of the molecule is COCCc1nsc(Nc2ccc(N3CCCCCCC3)c(F)c2)n1. The van der Waals surface area contributed by atoms with Crippen molar-refractivity contribution in [3.8, 4) is 0 Å². The molecule has 0 spiro atoms. The number of rotatable bonds is 6. The summed E-state index contributed by atoms with van der Waals surface area (Å²) in [6, 6.07) is 5.32. The number of halogens is 1. The molecular weight excluding hydrogens is 339 g/mol. The summed E-state index contributed by atoms with van der Waals surface area (Å²) < 4.78 is 23.9. The molecule has 0 atom stereocenters.